The number of urea groups is 1. The topological polar surface area (TPSA) is 102 Å². The van der Waals surface area contributed by atoms with Crippen molar-refractivity contribution < 1.29 is 19.2 Å². The molecule has 0 aromatic heterocycles. The van der Waals surface area contributed by atoms with Crippen molar-refractivity contribution in [1.82, 2.24) is 5.32 Å². The van der Waals surface area contributed by atoms with E-state index in [2.05, 4.69) is 5.32 Å². The third-order valence-corrected chi connectivity index (χ3v) is 7.29. The summed E-state index contributed by atoms with van der Waals surface area (Å²) in [7, 11) is 0. The maximum Gasteiger partial charge on any atom is 0.327 e. The number of thioether (sulfide) groups is 1. The lowest BCUT2D eigenvalue weighted by Gasteiger charge is -2.36. The number of halogens is 1. The summed E-state index contributed by atoms with van der Waals surface area (Å²) >= 11 is 7.31. The first-order valence-electron chi connectivity index (χ1n) is 12.1. The number of nitro benzene ring substituents is 1. The maximum absolute atomic E-state index is 14.0. The second kappa shape index (κ2) is 11.6. The molecule has 4 aromatic rings. The van der Waals surface area contributed by atoms with Crippen LogP contribution in [-0.2, 0) is 0 Å². The van der Waals surface area contributed by atoms with Crippen molar-refractivity contribution in [3.63, 3.8) is 0 Å². The molecule has 40 heavy (non-hydrogen) atoms. The molecule has 200 valence electrons. The van der Waals surface area contributed by atoms with E-state index in [1.807, 2.05) is 30.3 Å². The molecule has 1 heterocycles. The van der Waals surface area contributed by atoms with E-state index in [0.29, 0.717) is 43.9 Å². The summed E-state index contributed by atoms with van der Waals surface area (Å²) in [6.45, 7) is 0. The molecule has 0 saturated heterocycles. The van der Waals surface area contributed by atoms with Gasteiger partial charge in [0.2, 0.25) is 0 Å². The van der Waals surface area contributed by atoms with Crippen molar-refractivity contribution in [2.24, 2.45) is 0 Å². The van der Waals surface area contributed by atoms with Gasteiger partial charge < -0.3 is 10.1 Å². The lowest BCUT2D eigenvalue weighted by atomic mass is 9.91. The molecule has 1 N–H and O–H groups in total. The Morgan fingerprint density at radius 1 is 0.925 bits per heavy atom. The summed E-state index contributed by atoms with van der Waals surface area (Å²) in [5.74, 6) is 0.958. The molecule has 0 spiro atoms. The molecule has 0 bridgehead atoms. The van der Waals surface area contributed by atoms with Crippen LogP contribution < -0.4 is 15.0 Å². The molecule has 10 heteroatoms. The highest BCUT2D eigenvalue weighted by atomic mass is 35.5. The number of carbonyl (C=O) groups is 2. The number of para-hydroxylation sites is 1. The van der Waals surface area contributed by atoms with Crippen LogP contribution >= 0.6 is 23.4 Å². The Morgan fingerprint density at radius 3 is 2.15 bits per heavy atom. The molecule has 1 atom stereocenters. The lowest BCUT2D eigenvalue weighted by molar-refractivity contribution is -0.384. The van der Waals surface area contributed by atoms with Gasteiger partial charge in [0.05, 0.1) is 27.3 Å². The van der Waals surface area contributed by atoms with Crippen LogP contribution in [0.15, 0.2) is 114 Å². The highest BCUT2D eigenvalue weighted by Gasteiger charge is 2.38. The van der Waals surface area contributed by atoms with E-state index in [1.165, 1.54) is 28.8 Å². The molecule has 4 aromatic carbocycles. The minimum Gasteiger partial charge on any atom is -0.457 e. The van der Waals surface area contributed by atoms with Gasteiger partial charge in [0.15, 0.2) is 5.78 Å². The largest absolute Gasteiger partial charge is 0.457 e. The van der Waals surface area contributed by atoms with Crippen molar-refractivity contribution in [3.8, 4) is 11.5 Å². The molecule has 0 radical (unpaired) electrons. The van der Waals surface area contributed by atoms with Crippen LogP contribution in [0.5, 0.6) is 11.5 Å². The zero-order chi connectivity index (χ0) is 28.2. The number of ketones is 1. The van der Waals surface area contributed by atoms with Crippen molar-refractivity contribution >= 4 is 46.6 Å². The third-order valence-electron chi connectivity index (χ3n) is 6.25. The predicted molar refractivity (Wildman–Crippen MR) is 156 cm³/mol. The molecule has 5 rings (SSSR count). The van der Waals surface area contributed by atoms with Crippen LogP contribution in [0.25, 0.3) is 0 Å². The van der Waals surface area contributed by atoms with E-state index < -0.39 is 17.0 Å². The van der Waals surface area contributed by atoms with Gasteiger partial charge in [-0.15, -0.1) is 11.8 Å². The summed E-state index contributed by atoms with van der Waals surface area (Å²) in [5.41, 5.74) is 1.69. The van der Waals surface area contributed by atoms with Crippen molar-refractivity contribution in [2.45, 2.75) is 6.04 Å². The fraction of sp³-hybridized carbons (Fsp3) is 0.0667. The average Bonchev–Trinajstić information content (AvgIpc) is 2.97. The number of Topliss-reactive ketones (excluding diaryl/α,β-unsaturated/α-hetero) is 1. The highest BCUT2D eigenvalue weighted by Crippen LogP contribution is 2.40. The molecule has 1 aliphatic rings. The van der Waals surface area contributed by atoms with Gasteiger partial charge in [0.25, 0.3) is 5.69 Å². The quantitative estimate of drug-likeness (QED) is 0.132. The standard InChI is InChI=1S/C30H22ClN3O5S/c1-40-29-26(28(35)20-7-11-21(31)12-8-20)27(19-9-13-23(14-10-19)34(37)38)32-30(36)33(29)22-15-17-25(18-16-22)39-24-5-3-2-4-6-24/h2-18,27H,1H3,(H,32,36)/t27-/m1/s1. The minimum atomic E-state index is -0.837. The first-order valence-corrected chi connectivity index (χ1v) is 13.7. The number of non-ortho nitro benzene ring substituents is 1. The monoisotopic (exact) mass is 571 g/mol. The molecule has 2 amide bonds. The van der Waals surface area contributed by atoms with Crippen LogP contribution in [0.1, 0.15) is 22.0 Å². The third kappa shape index (κ3) is 5.56. The Hall–Kier alpha value is -4.60. The summed E-state index contributed by atoms with van der Waals surface area (Å²) in [5, 5.41) is 15.0. The van der Waals surface area contributed by atoms with Crippen LogP contribution in [0.4, 0.5) is 16.2 Å². The van der Waals surface area contributed by atoms with Crippen LogP contribution in [0.3, 0.4) is 0 Å². The Balaban J connectivity index is 1.58. The molecule has 0 unspecified atom stereocenters. The average molecular weight is 572 g/mol. The number of carbonyl (C=O) groups excluding carboxylic acids is 2. The minimum absolute atomic E-state index is 0.0926. The Morgan fingerprint density at radius 2 is 1.55 bits per heavy atom. The Labute approximate surface area is 239 Å². The second-order valence-electron chi connectivity index (χ2n) is 8.73. The fourth-order valence-electron chi connectivity index (χ4n) is 4.34. The van der Waals surface area contributed by atoms with Gasteiger partial charge in [0.1, 0.15) is 11.5 Å². The Kier molecular flexibility index (Phi) is 7.86. The van der Waals surface area contributed by atoms with Gasteiger partial charge >= 0.3 is 6.03 Å². The number of benzene rings is 4. The number of hydrogen-bond donors (Lipinski definition) is 1. The smallest absolute Gasteiger partial charge is 0.327 e. The highest BCUT2D eigenvalue weighted by molar-refractivity contribution is 8.02. The van der Waals surface area contributed by atoms with Gasteiger partial charge in [0, 0.05) is 22.7 Å². The number of hydrogen-bond acceptors (Lipinski definition) is 6. The second-order valence-corrected chi connectivity index (χ2v) is 9.97. The Bertz CT molecular complexity index is 1590. The van der Waals surface area contributed by atoms with Gasteiger partial charge in [-0.25, -0.2) is 4.79 Å². The molecule has 0 fully saturated rings. The number of nitrogens with one attached hydrogen (secondary N) is 1. The van der Waals surface area contributed by atoms with Gasteiger partial charge in [-0.05, 0) is 84.6 Å². The van der Waals surface area contributed by atoms with Crippen LogP contribution in [-0.4, -0.2) is 23.0 Å². The number of nitro groups is 1. The van der Waals surface area contributed by atoms with E-state index in [9.17, 15) is 19.7 Å². The fourth-order valence-corrected chi connectivity index (χ4v) is 5.27. The zero-order valence-electron chi connectivity index (χ0n) is 21.1. The normalized spacial score (nSPS) is 15.0. The molecule has 8 nitrogen and oxygen atoms in total. The zero-order valence-corrected chi connectivity index (χ0v) is 22.7. The predicted octanol–water partition coefficient (Wildman–Crippen LogP) is 7.77. The summed E-state index contributed by atoms with van der Waals surface area (Å²) in [4.78, 5) is 39.6. The van der Waals surface area contributed by atoms with Crippen molar-refractivity contribution in [2.75, 3.05) is 11.2 Å². The van der Waals surface area contributed by atoms with Crippen LogP contribution in [0, 0.1) is 10.1 Å². The number of ether oxygens (including phenoxy) is 1. The number of rotatable bonds is 8. The SMILES string of the molecule is CSC1=C(C(=O)c2ccc(Cl)cc2)[C@@H](c2ccc([N+](=O)[O-])cc2)NC(=O)N1c1ccc(Oc2ccccc2)cc1. The summed E-state index contributed by atoms with van der Waals surface area (Å²) in [6, 6.07) is 27.3. The molecule has 0 aliphatic carbocycles. The van der Waals surface area contributed by atoms with Crippen molar-refractivity contribution in [1.29, 1.82) is 0 Å². The molecule has 1 aliphatic heterocycles. The summed E-state index contributed by atoms with van der Waals surface area (Å²) in [6.07, 6.45) is 1.79. The number of nitrogens with zero attached hydrogens (tertiary/aromatic N) is 2. The molecule has 0 saturated carbocycles. The van der Waals surface area contributed by atoms with E-state index in [1.54, 1.807) is 66.9 Å². The van der Waals surface area contributed by atoms with Gasteiger partial charge in [-0.1, -0.05) is 29.8 Å². The van der Waals surface area contributed by atoms with E-state index in [0.717, 1.165) is 0 Å². The van der Waals surface area contributed by atoms with E-state index >= 15 is 0 Å². The van der Waals surface area contributed by atoms with E-state index in [4.69, 9.17) is 16.3 Å². The van der Waals surface area contributed by atoms with E-state index in [-0.39, 0.29) is 11.5 Å². The number of anilines is 1. The maximum atomic E-state index is 14.0. The molecular formula is C30H22ClN3O5S. The number of amides is 2. The summed E-state index contributed by atoms with van der Waals surface area (Å²) < 4.78 is 5.88. The first kappa shape index (κ1) is 27.0. The first-order chi connectivity index (χ1) is 19.4. The van der Waals surface area contributed by atoms with Gasteiger partial charge in [-0.3, -0.25) is 19.8 Å². The van der Waals surface area contributed by atoms with Crippen molar-refractivity contribution in [3.05, 3.63) is 140 Å². The lowest BCUT2D eigenvalue weighted by Crippen LogP contribution is -2.48. The van der Waals surface area contributed by atoms with Gasteiger partial charge in [-0.2, -0.15) is 0 Å². The van der Waals surface area contributed by atoms with Crippen LogP contribution in [0.2, 0.25) is 5.02 Å². The molecular weight excluding hydrogens is 550 g/mol.